The summed E-state index contributed by atoms with van der Waals surface area (Å²) >= 11 is 18.4. The van der Waals surface area contributed by atoms with E-state index in [0.717, 1.165) is 9.21 Å². The van der Waals surface area contributed by atoms with E-state index in [2.05, 4.69) is 0 Å². The van der Waals surface area contributed by atoms with E-state index in [-0.39, 0.29) is 34.3 Å². The van der Waals surface area contributed by atoms with Crippen LogP contribution in [0.15, 0.2) is 47.4 Å². The second-order valence-corrected chi connectivity index (χ2v) is 12.4. The molecule has 0 spiro atoms. The number of carbonyl (C=O) groups excluding carboxylic acids is 3. The molecule has 2 aliphatic rings. The predicted octanol–water partition coefficient (Wildman–Crippen LogP) is 2.91. The molecule has 4 rings (SSSR count). The van der Waals surface area contributed by atoms with Crippen molar-refractivity contribution in [1.29, 1.82) is 0 Å². The first kappa shape index (κ1) is 27.7. The Balaban J connectivity index is 1.93. The molecule has 0 aromatic heterocycles. The fourth-order valence-corrected chi connectivity index (χ4v) is 7.64. The van der Waals surface area contributed by atoms with Gasteiger partial charge in [0.1, 0.15) is 10.9 Å². The Morgan fingerprint density at radius 3 is 2.38 bits per heavy atom. The zero-order valence-electron chi connectivity index (χ0n) is 20.0. The molecule has 2 aromatic carbocycles. The molecule has 37 heavy (non-hydrogen) atoms. The number of sulfonamides is 1. The van der Waals surface area contributed by atoms with Crippen molar-refractivity contribution in [2.45, 2.75) is 49.3 Å². The Morgan fingerprint density at radius 1 is 1.11 bits per heavy atom. The number of hydrogen-bond donors (Lipinski definition) is 1. The molecule has 2 atom stereocenters. The van der Waals surface area contributed by atoms with Crippen LogP contribution in [0, 0.1) is 0 Å². The number of nitrogens with two attached hydrogens (primary N) is 1. The van der Waals surface area contributed by atoms with Crippen LogP contribution in [0.25, 0.3) is 0 Å². The van der Waals surface area contributed by atoms with Crippen LogP contribution in [-0.4, -0.2) is 71.1 Å². The topological polar surface area (TPSA) is 121 Å². The van der Waals surface area contributed by atoms with Crippen LogP contribution in [0.4, 0.5) is 0 Å². The summed E-state index contributed by atoms with van der Waals surface area (Å²) < 4.78 is 28.9. The van der Waals surface area contributed by atoms with Crippen molar-refractivity contribution in [2.24, 2.45) is 5.73 Å². The van der Waals surface area contributed by atoms with Gasteiger partial charge in [-0.3, -0.25) is 14.4 Å². The number of amides is 3. The zero-order valence-corrected chi connectivity index (χ0v) is 23.1. The number of fused-ring (bicyclic) bond motifs is 1. The van der Waals surface area contributed by atoms with E-state index in [4.69, 9.17) is 40.5 Å². The second-order valence-electron chi connectivity index (χ2n) is 9.26. The minimum Gasteiger partial charge on any atom is -0.366 e. The lowest BCUT2D eigenvalue weighted by Gasteiger charge is -2.58. The van der Waals surface area contributed by atoms with Gasteiger partial charge in [0, 0.05) is 35.5 Å². The summed E-state index contributed by atoms with van der Waals surface area (Å²) in [6, 6.07) is 8.97. The lowest BCUT2D eigenvalue weighted by atomic mass is 9.90. The molecule has 9 nitrogen and oxygen atoms in total. The van der Waals surface area contributed by atoms with Crippen LogP contribution < -0.4 is 5.73 Å². The molecule has 2 heterocycles. The molecular weight excluding hydrogens is 563 g/mol. The van der Waals surface area contributed by atoms with Gasteiger partial charge >= 0.3 is 0 Å². The largest absolute Gasteiger partial charge is 0.366 e. The highest BCUT2D eigenvalue weighted by molar-refractivity contribution is 7.89. The molecule has 2 saturated heterocycles. The SMILES string of the molecule is CC(C)N1CC2(C(N)=O)N(C(=O)CCN2S(=O)(=O)c2ccc(Cl)cc2Cl)C(Cc2cccc(Cl)c2)C1=O. The van der Waals surface area contributed by atoms with Gasteiger partial charge in [-0.1, -0.05) is 46.9 Å². The van der Waals surface area contributed by atoms with Crippen LogP contribution in [0.5, 0.6) is 0 Å². The Kier molecular flexibility index (Phi) is 7.53. The molecular formula is C24H25Cl3N4O5S. The highest BCUT2D eigenvalue weighted by Crippen LogP contribution is 2.41. The van der Waals surface area contributed by atoms with Crippen molar-refractivity contribution in [3.8, 4) is 0 Å². The number of rotatable bonds is 6. The lowest BCUT2D eigenvalue weighted by molar-refractivity contribution is -0.186. The number of hydrogen-bond acceptors (Lipinski definition) is 5. The third-order valence-corrected chi connectivity index (χ3v) is 9.55. The predicted molar refractivity (Wildman–Crippen MR) is 140 cm³/mol. The maximum atomic E-state index is 14.0. The maximum Gasteiger partial charge on any atom is 0.261 e. The Morgan fingerprint density at radius 2 is 1.78 bits per heavy atom. The smallest absolute Gasteiger partial charge is 0.261 e. The average Bonchev–Trinajstić information content (AvgIpc) is 2.80. The van der Waals surface area contributed by atoms with Gasteiger partial charge in [-0.15, -0.1) is 0 Å². The summed E-state index contributed by atoms with van der Waals surface area (Å²) in [5, 5.41) is 0.493. The molecule has 2 aliphatic heterocycles. The van der Waals surface area contributed by atoms with E-state index in [1.807, 2.05) is 0 Å². The van der Waals surface area contributed by atoms with E-state index < -0.39 is 52.0 Å². The third-order valence-electron chi connectivity index (χ3n) is 6.68. The van der Waals surface area contributed by atoms with Crippen LogP contribution in [0.2, 0.25) is 15.1 Å². The Bertz CT molecular complexity index is 1390. The van der Waals surface area contributed by atoms with Gasteiger partial charge < -0.3 is 15.5 Å². The van der Waals surface area contributed by atoms with Gasteiger partial charge in [0.2, 0.25) is 27.5 Å². The summed E-state index contributed by atoms with van der Waals surface area (Å²) in [7, 11) is -4.49. The van der Waals surface area contributed by atoms with Crippen molar-refractivity contribution < 1.29 is 22.8 Å². The van der Waals surface area contributed by atoms with Gasteiger partial charge in [0.05, 0.1) is 11.6 Å². The highest BCUT2D eigenvalue weighted by Gasteiger charge is 2.64. The quantitative estimate of drug-likeness (QED) is 0.557. The molecule has 0 aliphatic carbocycles. The fraction of sp³-hybridized carbons (Fsp3) is 0.375. The first-order valence-corrected chi connectivity index (χ1v) is 14.0. The van der Waals surface area contributed by atoms with E-state index >= 15 is 0 Å². The van der Waals surface area contributed by atoms with Crippen LogP contribution in [0.1, 0.15) is 25.8 Å². The molecule has 0 saturated carbocycles. The molecule has 2 unspecified atom stereocenters. The maximum absolute atomic E-state index is 14.0. The summed E-state index contributed by atoms with van der Waals surface area (Å²) in [6.45, 7) is 2.71. The Labute approximate surface area is 230 Å². The molecule has 2 aromatic rings. The number of halogens is 3. The minimum atomic E-state index is -4.49. The summed E-state index contributed by atoms with van der Waals surface area (Å²) in [4.78, 5) is 42.5. The third kappa shape index (κ3) is 4.70. The number of primary amides is 1. The first-order chi connectivity index (χ1) is 17.3. The van der Waals surface area contributed by atoms with Crippen molar-refractivity contribution in [1.82, 2.24) is 14.1 Å². The number of piperazine rings is 1. The molecule has 2 fully saturated rings. The molecule has 13 heteroatoms. The van der Waals surface area contributed by atoms with Gasteiger partial charge in [0.25, 0.3) is 5.91 Å². The van der Waals surface area contributed by atoms with Crippen molar-refractivity contribution in [2.75, 3.05) is 13.1 Å². The highest BCUT2D eigenvalue weighted by atomic mass is 35.5. The first-order valence-electron chi connectivity index (χ1n) is 11.5. The summed E-state index contributed by atoms with van der Waals surface area (Å²) in [6.07, 6.45) is -0.264. The van der Waals surface area contributed by atoms with Crippen molar-refractivity contribution >= 4 is 62.5 Å². The van der Waals surface area contributed by atoms with Crippen LogP contribution in [0.3, 0.4) is 0 Å². The second kappa shape index (κ2) is 10.1. The molecule has 2 N–H and O–H groups in total. The summed E-state index contributed by atoms with van der Waals surface area (Å²) in [5.41, 5.74) is 4.38. The van der Waals surface area contributed by atoms with Gasteiger partial charge in [-0.05, 0) is 49.7 Å². The molecule has 0 bridgehead atoms. The van der Waals surface area contributed by atoms with E-state index in [0.29, 0.717) is 10.6 Å². The normalized spacial score (nSPS) is 22.9. The zero-order chi connectivity index (χ0) is 27.3. The molecule has 3 amide bonds. The molecule has 198 valence electrons. The fourth-order valence-electron chi connectivity index (χ4n) is 4.98. The standard InChI is InChI=1S/C24H25Cl3N4O5S/c1-14(2)29-13-24(23(28)34)30(37(35,36)20-7-6-17(26)12-18(20)27)9-8-21(32)31(24)19(22(29)33)11-15-4-3-5-16(25)10-15/h3-7,10,12,14,19H,8-9,11,13H2,1-2H3,(H2,28,34). The van der Waals surface area contributed by atoms with Crippen molar-refractivity contribution in [3.05, 3.63) is 63.1 Å². The van der Waals surface area contributed by atoms with Crippen LogP contribution in [-0.2, 0) is 30.8 Å². The van der Waals surface area contributed by atoms with E-state index in [1.54, 1.807) is 38.1 Å². The monoisotopic (exact) mass is 586 g/mol. The van der Waals surface area contributed by atoms with E-state index in [1.165, 1.54) is 23.1 Å². The molecule has 0 radical (unpaired) electrons. The number of nitrogens with zero attached hydrogens (tertiary/aromatic N) is 3. The lowest BCUT2D eigenvalue weighted by Crippen LogP contribution is -2.83. The van der Waals surface area contributed by atoms with Gasteiger partial charge in [-0.25, -0.2) is 8.42 Å². The van der Waals surface area contributed by atoms with Gasteiger partial charge in [0.15, 0.2) is 0 Å². The number of carbonyl (C=O) groups is 3. The van der Waals surface area contributed by atoms with Crippen LogP contribution >= 0.6 is 34.8 Å². The van der Waals surface area contributed by atoms with Gasteiger partial charge in [-0.2, -0.15) is 4.31 Å². The minimum absolute atomic E-state index is 0.00102. The number of benzene rings is 2. The average molecular weight is 588 g/mol. The Hall–Kier alpha value is -2.37. The van der Waals surface area contributed by atoms with E-state index in [9.17, 15) is 22.8 Å². The van der Waals surface area contributed by atoms with Crippen molar-refractivity contribution in [3.63, 3.8) is 0 Å². The summed E-state index contributed by atoms with van der Waals surface area (Å²) in [5.74, 6) is -2.07.